The number of urea groups is 1. The van der Waals surface area contributed by atoms with Crippen LogP contribution in [0.4, 0.5) is 27.5 Å². The van der Waals surface area contributed by atoms with Crippen LogP contribution in [0.1, 0.15) is 19.8 Å². The minimum atomic E-state index is -1.27. The van der Waals surface area contributed by atoms with Gasteiger partial charge in [0.1, 0.15) is 0 Å². The molecule has 2 N–H and O–H groups in total. The number of benzene rings is 2. The van der Waals surface area contributed by atoms with Crippen molar-refractivity contribution < 1.29 is 24.2 Å². The second-order valence-corrected chi connectivity index (χ2v) is 7.88. The van der Waals surface area contributed by atoms with Gasteiger partial charge in [0.15, 0.2) is 0 Å². The molecular weight excluding hydrogens is 424 g/mol. The number of rotatable bonds is 9. The predicted octanol–water partition coefficient (Wildman–Crippen LogP) is 3.09. The highest BCUT2D eigenvalue weighted by Gasteiger charge is 2.27. The van der Waals surface area contributed by atoms with E-state index in [9.17, 15) is 19.5 Å². The Morgan fingerprint density at radius 2 is 1.33 bits per heavy atom. The predicted molar refractivity (Wildman–Crippen MR) is 130 cm³/mol. The number of esters is 1. The summed E-state index contributed by atoms with van der Waals surface area (Å²) in [6.45, 7) is 1.84. The molecule has 9 heteroatoms. The lowest BCUT2D eigenvalue weighted by atomic mass is 10.1. The third-order valence-electron chi connectivity index (χ3n) is 4.83. The van der Waals surface area contributed by atoms with Crippen LogP contribution in [0, 0.1) is 0 Å². The lowest BCUT2D eigenvalue weighted by molar-refractivity contribution is -0.145. The molecule has 0 unspecified atom stereocenters. The molecule has 1 atom stereocenters. The number of hydrogen-bond acceptors (Lipinski definition) is 7. The third-order valence-corrected chi connectivity index (χ3v) is 4.83. The zero-order valence-electron chi connectivity index (χ0n) is 19.7. The first-order chi connectivity index (χ1) is 15.6. The molecule has 0 aliphatic heterocycles. The van der Waals surface area contributed by atoms with Crippen LogP contribution >= 0.6 is 0 Å². The number of carbonyl (C=O) groups is 3. The van der Waals surface area contributed by atoms with Crippen molar-refractivity contribution in [3.8, 4) is 0 Å². The number of ether oxygens (including phenoxy) is 1. The molecule has 0 aliphatic carbocycles. The summed E-state index contributed by atoms with van der Waals surface area (Å²) in [4.78, 5) is 42.5. The highest BCUT2D eigenvalue weighted by Crippen LogP contribution is 2.23. The van der Waals surface area contributed by atoms with Crippen molar-refractivity contribution in [1.29, 1.82) is 0 Å². The average molecular weight is 457 g/mol. The van der Waals surface area contributed by atoms with Gasteiger partial charge < -0.3 is 25.0 Å². The zero-order valence-corrected chi connectivity index (χ0v) is 19.7. The molecule has 0 saturated carbocycles. The summed E-state index contributed by atoms with van der Waals surface area (Å²) >= 11 is 0. The molecule has 178 valence electrons. The maximum absolute atomic E-state index is 13.1. The maximum atomic E-state index is 13.1. The molecular formula is C24H32N4O5. The standard InChI is InChI=1S/C24H32N4O5/c1-6-33-23(31)16-21(29)15-22(30)28(20-13-11-19(12-14-20)27(4)5)24(32)25-17-7-9-18(10-8-17)26(2)3/h7-14,21,29H,6,15-16H2,1-5H3,(H,25,32)/t21-/m1/s1. The molecule has 0 fully saturated rings. The molecule has 0 spiro atoms. The van der Waals surface area contributed by atoms with E-state index in [-0.39, 0.29) is 13.0 Å². The Morgan fingerprint density at radius 1 is 0.848 bits per heavy atom. The molecule has 2 rings (SSSR count). The number of aliphatic hydroxyl groups excluding tert-OH is 1. The lowest BCUT2D eigenvalue weighted by Crippen LogP contribution is -2.41. The summed E-state index contributed by atoms with van der Waals surface area (Å²) in [5.41, 5.74) is 2.72. The Labute approximate surface area is 194 Å². The number of nitrogens with one attached hydrogen (secondary N) is 1. The summed E-state index contributed by atoms with van der Waals surface area (Å²) in [5, 5.41) is 12.9. The van der Waals surface area contributed by atoms with Crippen molar-refractivity contribution in [3.63, 3.8) is 0 Å². The molecule has 0 aliphatic rings. The minimum Gasteiger partial charge on any atom is -0.466 e. The van der Waals surface area contributed by atoms with Crippen molar-refractivity contribution in [2.45, 2.75) is 25.9 Å². The monoisotopic (exact) mass is 456 g/mol. The number of carbonyl (C=O) groups excluding carboxylic acids is 3. The summed E-state index contributed by atoms with van der Waals surface area (Å²) in [7, 11) is 7.58. The van der Waals surface area contributed by atoms with Crippen LogP contribution in [-0.2, 0) is 14.3 Å². The Kier molecular flexibility index (Phi) is 9.23. The van der Waals surface area contributed by atoms with Gasteiger partial charge in [-0.25, -0.2) is 9.69 Å². The van der Waals surface area contributed by atoms with Gasteiger partial charge in [0.2, 0.25) is 5.91 Å². The highest BCUT2D eigenvalue weighted by atomic mass is 16.5. The van der Waals surface area contributed by atoms with Crippen LogP contribution in [-0.4, -0.2) is 63.9 Å². The van der Waals surface area contributed by atoms with Crippen molar-refractivity contribution >= 4 is 40.7 Å². The fourth-order valence-corrected chi connectivity index (χ4v) is 3.07. The van der Waals surface area contributed by atoms with Crippen molar-refractivity contribution in [2.75, 3.05) is 54.8 Å². The van der Waals surface area contributed by atoms with E-state index < -0.39 is 30.4 Å². The fourth-order valence-electron chi connectivity index (χ4n) is 3.07. The number of hydrogen-bond donors (Lipinski definition) is 2. The van der Waals surface area contributed by atoms with Crippen LogP contribution in [0.15, 0.2) is 48.5 Å². The average Bonchev–Trinajstić information content (AvgIpc) is 2.74. The van der Waals surface area contributed by atoms with Crippen LogP contribution in [0.25, 0.3) is 0 Å². The van der Waals surface area contributed by atoms with Crippen LogP contribution in [0.3, 0.4) is 0 Å². The normalized spacial score (nSPS) is 11.3. The number of nitrogens with zero attached hydrogens (tertiary/aromatic N) is 3. The largest absolute Gasteiger partial charge is 0.466 e. The Hall–Kier alpha value is -3.59. The van der Waals surface area contributed by atoms with Gasteiger partial charge in [-0.2, -0.15) is 0 Å². The SMILES string of the molecule is CCOC(=O)C[C@H](O)CC(=O)N(C(=O)Nc1ccc(N(C)C)cc1)c1ccc(N(C)C)cc1. The van der Waals surface area contributed by atoms with Crippen molar-refractivity contribution in [2.24, 2.45) is 0 Å². The van der Waals surface area contributed by atoms with Crippen molar-refractivity contribution in [1.82, 2.24) is 0 Å². The van der Waals surface area contributed by atoms with E-state index in [4.69, 9.17) is 4.74 Å². The maximum Gasteiger partial charge on any atom is 0.333 e. The van der Waals surface area contributed by atoms with Gasteiger partial charge in [-0.1, -0.05) is 0 Å². The Balaban J connectivity index is 2.24. The molecule has 0 bridgehead atoms. The van der Waals surface area contributed by atoms with E-state index in [0.717, 1.165) is 16.3 Å². The molecule has 0 saturated heterocycles. The summed E-state index contributed by atoms with van der Waals surface area (Å²) in [6, 6.07) is 13.4. The van der Waals surface area contributed by atoms with Crippen molar-refractivity contribution in [3.05, 3.63) is 48.5 Å². The molecule has 0 heterocycles. The topological polar surface area (TPSA) is 102 Å². The van der Waals surface area contributed by atoms with E-state index in [1.165, 1.54) is 0 Å². The Morgan fingerprint density at radius 3 is 1.82 bits per heavy atom. The van der Waals surface area contributed by atoms with Gasteiger partial charge >= 0.3 is 12.0 Å². The molecule has 0 radical (unpaired) electrons. The van der Waals surface area contributed by atoms with Gasteiger partial charge in [-0.3, -0.25) is 9.59 Å². The number of imide groups is 1. The van der Waals surface area contributed by atoms with Gasteiger partial charge in [0.25, 0.3) is 0 Å². The molecule has 2 aromatic carbocycles. The fraction of sp³-hybridized carbons (Fsp3) is 0.375. The first-order valence-electron chi connectivity index (χ1n) is 10.6. The molecule has 9 nitrogen and oxygen atoms in total. The molecule has 3 amide bonds. The zero-order chi connectivity index (χ0) is 24.5. The van der Waals surface area contributed by atoms with Gasteiger partial charge in [-0.15, -0.1) is 0 Å². The molecule has 2 aromatic rings. The van der Waals surface area contributed by atoms with Gasteiger partial charge in [-0.05, 0) is 55.5 Å². The lowest BCUT2D eigenvalue weighted by Gasteiger charge is -2.24. The third kappa shape index (κ3) is 7.50. The molecule has 33 heavy (non-hydrogen) atoms. The van der Waals surface area contributed by atoms with Gasteiger partial charge in [0, 0.05) is 45.3 Å². The van der Waals surface area contributed by atoms with Crippen LogP contribution < -0.4 is 20.0 Å². The quantitative estimate of drug-likeness (QED) is 0.559. The number of aliphatic hydroxyl groups is 1. The van der Waals surface area contributed by atoms with Crippen LogP contribution in [0.5, 0.6) is 0 Å². The summed E-state index contributed by atoms with van der Waals surface area (Å²) in [5.74, 6) is -1.25. The second-order valence-electron chi connectivity index (χ2n) is 7.88. The van der Waals surface area contributed by atoms with E-state index in [2.05, 4.69) is 5.32 Å². The highest BCUT2D eigenvalue weighted by molar-refractivity contribution is 6.18. The first kappa shape index (κ1) is 25.7. The Bertz CT molecular complexity index is 942. The number of amides is 3. The summed E-state index contributed by atoms with van der Waals surface area (Å²) < 4.78 is 4.82. The molecule has 0 aromatic heterocycles. The summed E-state index contributed by atoms with van der Waals surface area (Å²) in [6.07, 6.45) is -2.02. The minimum absolute atomic E-state index is 0.179. The second kappa shape index (κ2) is 11.9. The number of anilines is 4. The van der Waals surface area contributed by atoms with Crippen LogP contribution in [0.2, 0.25) is 0 Å². The van der Waals surface area contributed by atoms with E-state index in [1.807, 2.05) is 50.1 Å². The van der Waals surface area contributed by atoms with Gasteiger partial charge in [0.05, 0.1) is 31.2 Å². The smallest absolute Gasteiger partial charge is 0.333 e. The van der Waals surface area contributed by atoms with E-state index in [0.29, 0.717) is 11.4 Å². The van der Waals surface area contributed by atoms with E-state index >= 15 is 0 Å². The van der Waals surface area contributed by atoms with E-state index in [1.54, 1.807) is 43.3 Å². The first-order valence-corrected chi connectivity index (χ1v) is 10.6.